The molecular formula is C15H31. The molecule has 0 fully saturated rings. The van der Waals surface area contributed by atoms with E-state index in [1.807, 2.05) is 0 Å². The highest BCUT2D eigenvalue weighted by Gasteiger charge is 2.02. The van der Waals surface area contributed by atoms with Gasteiger partial charge < -0.3 is 0 Å². The van der Waals surface area contributed by atoms with Crippen molar-refractivity contribution in [2.24, 2.45) is 0 Å². The van der Waals surface area contributed by atoms with Crippen molar-refractivity contribution in [1.29, 1.82) is 0 Å². The Labute approximate surface area is 97.8 Å². The molecule has 0 aliphatic carbocycles. The molecule has 0 saturated carbocycles. The molecule has 0 unspecified atom stereocenters. The molecule has 0 heterocycles. The number of hydrogen-bond acceptors (Lipinski definition) is 0. The zero-order valence-corrected chi connectivity index (χ0v) is 11.3. The monoisotopic (exact) mass is 211 g/mol. The lowest BCUT2D eigenvalue weighted by molar-refractivity contribution is 0.556. The number of hydrogen-bond donors (Lipinski definition) is 0. The SMILES string of the molecule is CCCCCCCCCC[C](CC)CC. The van der Waals surface area contributed by atoms with Gasteiger partial charge in [-0.1, -0.05) is 72.1 Å². The van der Waals surface area contributed by atoms with Crippen LogP contribution in [0.3, 0.4) is 0 Å². The molecule has 0 saturated heterocycles. The second kappa shape index (κ2) is 12.1. The summed E-state index contributed by atoms with van der Waals surface area (Å²) in [5.74, 6) is 1.76. The maximum atomic E-state index is 2.30. The molecule has 91 valence electrons. The van der Waals surface area contributed by atoms with Crippen molar-refractivity contribution in [3.05, 3.63) is 5.92 Å². The molecule has 0 spiro atoms. The first kappa shape index (κ1) is 15.0. The first-order chi connectivity index (χ1) is 7.35. The predicted octanol–water partition coefficient (Wildman–Crippen LogP) is 5.91. The molecule has 0 atom stereocenters. The van der Waals surface area contributed by atoms with E-state index in [9.17, 15) is 0 Å². The van der Waals surface area contributed by atoms with Crippen molar-refractivity contribution >= 4 is 0 Å². The molecule has 1 radical (unpaired) electrons. The van der Waals surface area contributed by atoms with E-state index >= 15 is 0 Å². The summed E-state index contributed by atoms with van der Waals surface area (Å²) in [6.07, 6.45) is 15.5. The lowest BCUT2D eigenvalue weighted by Crippen LogP contribution is -1.93. The van der Waals surface area contributed by atoms with E-state index in [2.05, 4.69) is 20.8 Å². The molecule has 0 nitrogen and oxygen atoms in total. The fraction of sp³-hybridized carbons (Fsp3) is 0.933. The van der Waals surface area contributed by atoms with Crippen molar-refractivity contribution in [3.8, 4) is 0 Å². The Balaban J connectivity index is 3.04. The van der Waals surface area contributed by atoms with E-state index in [0.29, 0.717) is 0 Å². The van der Waals surface area contributed by atoms with Crippen molar-refractivity contribution in [3.63, 3.8) is 0 Å². The Morgan fingerprint density at radius 2 is 1.07 bits per heavy atom. The minimum Gasteiger partial charge on any atom is -0.0654 e. The first-order valence-electron chi connectivity index (χ1n) is 7.18. The highest BCUT2D eigenvalue weighted by Crippen LogP contribution is 2.19. The van der Waals surface area contributed by atoms with E-state index in [4.69, 9.17) is 0 Å². The van der Waals surface area contributed by atoms with Crippen molar-refractivity contribution in [2.75, 3.05) is 0 Å². The van der Waals surface area contributed by atoms with Crippen molar-refractivity contribution < 1.29 is 0 Å². The van der Waals surface area contributed by atoms with Crippen LogP contribution in [0.2, 0.25) is 0 Å². The topological polar surface area (TPSA) is 0 Å². The van der Waals surface area contributed by atoms with Crippen LogP contribution in [0, 0.1) is 5.92 Å². The quantitative estimate of drug-likeness (QED) is 0.373. The Morgan fingerprint density at radius 1 is 0.600 bits per heavy atom. The molecule has 0 amide bonds. The lowest BCUT2D eigenvalue weighted by atomic mass is 9.95. The van der Waals surface area contributed by atoms with Crippen LogP contribution in [0.1, 0.15) is 91.4 Å². The van der Waals surface area contributed by atoms with E-state index in [0.717, 1.165) is 0 Å². The molecule has 0 aromatic rings. The number of unbranched alkanes of at least 4 members (excludes halogenated alkanes) is 7. The van der Waals surface area contributed by atoms with Crippen LogP contribution in [0.4, 0.5) is 0 Å². The van der Waals surface area contributed by atoms with E-state index in [-0.39, 0.29) is 0 Å². The minimum atomic E-state index is 1.30. The molecule has 0 N–H and O–H groups in total. The predicted molar refractivity (Wildman–Crippen MR) is 71.1 cm³/mol. The molecule has 0 aromatic heterocycles. The summed E-state index contributed by atoms with van der Waals surface area (Å²) >= 11 is 0. The highest BCUT2D eigenvalue weighted by molar-refractivity contribution is 4.85. The maximum absolute atomic E-state index is 2.30. The van der Waals surface area contributed by atoms with Crippen molar-refractivity contribution in [2.45, 2.75) is 91.4 Å². The van der Waals surface area contributed by atoms with Gasteiger partial charge in [0, 0.05) is 0 Å². The van der Waals surface area contributed by atoms with Crippen molar-refractivity contribution in [1.82, 2.24) is 0 Å². The average Bonchev–Trinajstić information content (AvgIpc) is 2.27. The summed E-state index contributed by atoms with van der Waals surface area (Å²) in [4.78, 5) is 0. The Morgan fingerprint density at radius 3 is 1.53 bits per heavy atom. The molecular weight excluding hydrogens is 180 g/mol. The van der Waals surface area contributed by atoms with Gasteiger partial charge in [0.2, 0.25) is 0 Å². The van der Waals surface area contributed by atoms with Crippen LogP contribution >= 0.6 is 0 Å². The smallest absolute Gasteiger partial charge is 0.0246 e. The molecule has 0 heteroatoms. The number of rotatable bonds is 11. The summed E-state index contributed by atoms with van der Waals surface area (Å²) in [6.45, 7) is 6.88. The minimum absolute atomic E-state index is 1.30. The second-order valence-corrected chi connectivity index (χ2v) is 4.68. The van der Waals surface area contributed by atoms with Gasteiger partial charge in [-0.05, 0) is 25.2 Å². The van der Waals surface area contributed by atoms with E-state index in [1.54, 1.807) is 5.92 Å². The Hall–Kier alpha value is 0. The molecule has 0 aliphatic heterocycles. The van der Waals surface area contributed by atoms with Gasteiger partial charge >= 0.3 is 0 Å². The van der Waals surface area contributed by atoms with Crippen LogP contribution in [-0.2, 0) is 0 Å². The standard InChI is InChI=1S/C15H31/c1-4-7-8-9-10-11-12-13-14-15(5-2)6-3/h4-14H2,1-3H3. The van der Waals surface area contributed by atoms with Gasteiger partial charge in [-0.3, -0.25) is 0 Å². The van der Waals surface area contributed by atoms with Crippen LogP contribution < -0.4 is 0 Å². The molecule has 0 aromatic carbocycles. The fourth-order valence-corrected chi connectivity index (χ4v) is 2.11. The third-order valence-corrected chi connectivity index (χ3v) is 3.38. The first-order valence-corrected chi connectivity index (χ1v) is 7.18. The summed E-state index contributed by atoms with van der Waals surface area (Å²) in [7, 11) is 0. The highest BCUT2D eigenvalue weighted by atomic mass is 14.1. The Kier molecular flexibility index (Phi) is 12.1. The van der Waals surface area contributed by atoms with Gasteiger partial charge in [-0.25, -0.2) is 0 Å². The summed E-state index contributed by atoms with van der Waals surface area (Å²) in [5, 5.41) is 0. The zero-order chi connectivity index (χ0) is 11.4. The molecule has 15 heavy (non-hydrogen) atoms. The zero-order valence-electron chi connectivity index (χ0n) is 11.3. The van der Waals surface area contributed by atoms with Crippen LogP contribution in [0.25, 0.3) is 0 Å². The summed E-state index contributed by atoms with van der Waals surface area (Å²) < 4.78 is 0. The third kappa shape index (κ3) is 10.3. The summed E-state index contributed by atoms with van der Waals surface area (Å²) in [6, 6.07) is 0. The third-order valence-electron chi connectivity index (χ3n) is 3.38. The maximum Gasteiger partial charge on any atom is -0.0246 e. The van der Waals surface area contributed by atoms with Gasteiger partial charge in [0.1, 0.15) is 0 Å². The van der Waals surface area contributed by atoms with Gasteiger partial charge in [0.25, 0.3) is 0 Å². The molecule has 0 bridgehead atoms. The normalized spacial score (nSPS) is 11.2. The van der Waals surface area contributed by atoms with Gasteiger partial charge in [-0.2, -0.15) is 0 Å². The van der Waals surface area contributed by atoms with E-state index < -0.39 is 0 Å². The largest absolute Gasteiger partial charge is 0.0654 e. The van der Waals surface area contributed by atoms with Crippen LogP contribution in [0.15, 0.2) is 0 Å². The molecule has 0 aliphatic rings. The fourth-order valence-electron chi connectivity index (χ4n) is 2.11. The van der Waals surface area contributed by atoms with Gasteiger partial charge in [0.15, 0.2) is 0 Å². The van der Waals surface area contributed by atoms with Gasteiger partial charge in [0.05, 0.1) is 0 Å². The van der Waals surface area contributed by atoms with Crippen LogP contribution in [0.5, 0.6) is 0 Å². The Bertz CT molecular complexity index is 103. The second-order valence-electron chi connectivity index (χ2n) is 4.68. The summed E-state index contributed by atoms with van der Waals surface area (Å²) in [5.41, 5.74) is 0. The molecule has 0 rings (SSSR count). The van der Waals surface area contributed by atoms with Crippen LogP contribution in [-0.4, -0.2) is 0 Å². The van der Waals surface area contributed by atoms with E-state index in [1.165, 1.54) is 70.6 Å². The van der Waals surface area contributed by atoms with Gasteiger partial charge in [-0.15, -0.1) is 0 Å². The lowest BCUT2D eigenvalue weighted by Gasteiger charge is -2.10. The average molecular weight is 211 g/mol.